The zero-order valence-electron chi connectivity index (χ0n) is 34.5. The van der Waals surface area contributed by atoms with Crippen LogP contribution in [0.3, 0.4) is 0 Å². The molecule has 1 saturated heterocycles. The number of carboxylic acid groups (broad SMARTS) is 1. The molecule has 0 spiro atoms. The Morgan fingerprint density at radius 2 is 1.52 bits per heavy atom. The van der Waals surface area contributed by atoms with E-state index >= 15 is 0 Å². The van der Waals surface area contributed by atoms with Crippen LogP contribution < -0.4 is 16.0 Å². The Bertz CT molecular complexity index is 1440. The monoisotopic (exact) mass is 757 g/mol. The van der Waals surface area contributed by atoms with Crippen molar-refractivity contribution in [2.45, 2.75) is 136 Å². The summed E-state index contributed by atoms with van der Waals surface area (Å²) in [6.07, 6.45) is 1.07. The van der Waals surface area contributed by atoms with Gasteiger partial charge in [0.1, 0.15) is 12.1 Å². The highest BCUT2D eigenvalue weighted by molar-refractivity contribution is 5.90. The lowest BCUT2D eigenvalue weighted by atomic mass is 9.89. The van der Waals surface area contributed by atoms with Crippen molar-refractivity contribution in [1.29, 1.82) is 0 Å². The van der Waals surface area contributed by atoms with Crippen molar-refractivity contribution < 1.29 is 38.6 Å². The highest BCUT2D eigenvalue weighted by atomic mass is 16.5. The van der Waals surface area contributed by atoms with Crippen LogP contribution in [0.5, 0.6) is 0 Å². The van der Waals surface area contributed by atoms with Gasteiger partial charge in [0.2, 0.25) is 23.6 Å². The predicted octanol–water partition coefficient (Wildman–Crippen LogP) is 3.41. The first-order chi connectivity index (χ1) is 25.4. The van der Waals surface area contributed by atoms with Gasteiger partial charge in [0.05, 0.1) is 42.7 Å². The minimum Gasteiger partial charge on any atom is -0.480 e. The van der Waals surface area contributed by atoms with Gasteiger partial charge in [-0.1, -0.05) is 84.7 Å². The summed E-state index contributed by atoms with van der Waals surface area (Å²) in [6, 6.07) is 4.31. The number of carboxylic acids is 1. The molecule has 13 heteroatoms. The van der Waals surface area contributed by atoms with Crippen LogP contribution in [-0.2, 0) is 39.9 Å². The molecule has 1 aromatic rings. The fraction of sp³-hybridized carbons (Fsp3) is 0.732. The normalized spacial score (nSPS) is 22.3. The molecule has 0 bridgehead atoms. The number of carbonyl (C=O) groups excluding carboxylic acids is 4. The number of hydrogen-bond donors (Lipinski definition) is 4. The van der Waals surface area contributed by atoms with Gasteiger partial charge in [-0.15, -0.1) is 0 Å². The standard InChI is InChI=1S/C41H67N5O8/c1-13-25(7)36(45(10)40(50)35(23(4)5)44-39(49)34(42-9)22(2)3)32(53-11)21-33(47)46-30-19-28(30)20-31(46)37(54-12)26(8)38(48)43-29(41(51)52)18-27-16-14-24(6)15-17-27/h14-17,22-23,25-26,28-32,34-37,42H,13,18-21H2,1-12H3,(H,43,48)(H,44,49)(H,51,52)/t25-,26+,28+,29?,30?,31-,32+,34-,35-,36?,37?/m0/s1. The molecule has 4 N–H and O–H groups in total. The molecule has 1 aliphatic carbocycles. The van der Waals surface area contributed by atoms with Gasteiger partial charge in [-0.3, -0.25) is 19.2 Å². The Labute approximate surface area is 322 Å². The molecular formula is C41H67N5O8. The summed E-state index contributed by atoms with van der Waals surface area (Å²) in [6.45, 7) is 15.4. The maximum Gasteiger partial charge on any atom is 0.326 e. The van der Waals surface area contributed by atoms with Gasteiger partial charge in [-0.25, -0.2) is 4.79 Å². The molecule has 2 aliphatic rings. The van der Waals surface area contributed by atoms with Crippen LogP contribution in [0.15, 0.2) is 24.3 Å². The number of amides is 4. The largest absolute Gasteiger partial charge is 0.480 e. The van der Waals surface area contributed by atoms with Crippen molar-refractivity contribution in [3.8, 4) is 0 Å². The van der Waals surface area contributed by atoms with E-state index in [0.717, 1.165) is 24.0 Å². The van der Waals surface area contributed by atoms with Crippen LogP contribution in [0.25, 0.3) is 0 Å². The SMILES string of the molecule is CC[C@H](C)C([C@@H](CC(=O)N1C2C[C@@H]2C[C@H]1C(OC)[C@@H](C)C(=O)NC(Cc1ccc(C)cc1)C(=O)O)OC)N(C)C(=O)[C@@H](NC(=O)[C@@H](NC)C(C)C)C(C)C. The highest BCUT2D eigenvalue weighted by Crippen LogP contribution is 2.50. The molecule has 304 valence electrons. The van der Waals surface area contributed by atoms with Gasteiger partial charge in [0, 0.05) is 33.7 Å². The van der Waals surface area contributed by atoms with E-state index < -0.39 is 60.2 Å². The van der Waals surface area contributed by atoms with Crippen molar-refractivity contribution in [1.82, 2.24) is 25.8 Å². The molecule has 4 unspecified atom stereocenters. The fourth-order valence-electron chi connectivity index (χ4n) is 8.21. The maximum absolute atomic E-state index is 14.4. The van der Waals surface area contributed by atoms with Crippen LogP contribution in [0.1, 0.15) is 85.3 Å². The van der Waals surface area contributed by atoms with Crippen molar-refractivity contribution in [2.75, 3.05) is 28.3 Å². The van der Waals surface area contributed by atoms with E-state index in [1.54, 1.807) is 33.0 Å². The topological polar surface area (TPSA) is 167 Å². The molecule has 2 fully saturated rings. The predicted molar refractivity (Wildman–Crippen MR) is 207 cm³/mol. The third-order valence-electron chi connectivity index (χ3n) is 11.7. The van der Waals surface area contributed by atoms with Gasteiger partial charge >= 0.3 is 5.97 Å². The number of methoxy groups -OCH3 is 2. The summed E-state index contributed by atoms with van der Waals surface area (Å²) < 4.78 is 12.0. The van der Waals surface area contributed by atoms with E-state index in [2.05, 4.69) is 16.0 Å². The van der Waals surface area contributed by atoms with Gasteiger partial charge in [0.25, 0.3) is 0 Å². The van der Waals surface area contributed by atoms with Crippen LogP contribution in [-0.4, -0.2) is 121 Å². The lowest BCUT2D eigenvalue weighted by Gasteiger charge is -2.41. The lowest BCUT2D eigenvalue weighted by Crippen LogP contribution is -2.59. The molecule has 13 nitrogen and oxygen atoms in total. The smallest absolute Gasteiger partial charge is 0.326 e. The third-order valence-corrected chi connectivity index (χ3v) is 11.7. The number of aryl methyl sites for hydroxylation is 1. The Kier molecular flexibility index (Phi) is 16.5. The van der Waals surface area contributed by atoms with E-state index in [4.69, 9.17) is 9.47 Å². The number of fused-ring (bicyclic) bond motifs is 1. The summed E-state index contributed by atoms with van der Waals surface area (Å²) in [5.41, 5.74) is 1.85. The quantitative estimate of drug-likeness (QED) is 0.147. The first-order valence-corrected chi connectivity index (χ1v) is 19.6. The van der Waals surface area contributed by atoms with Crippen LogP contribution in [0.2, 0.25) is 0 Å². The number of likely N-dealkylation sites (N-methyl/N-ethyl adjacent to an activating group) is 2. The molecule has 0 radical (unpaired) electrons. The number of piperidine rings is 1. The van der Waals surface area contributed by atoms with Crippen LogP contribution in [0.4, 0.5) is 0 Å². The van der Waals surface area contributed by atoms with Crippen molar-refractivity contribution in [2.24, 2.45) is 29.6 Å². The number of nitrogens with zero attached hydrogens (tertiary/aromatic N) is 2. The summed E-state index contributed by atoms with van der Waals surface area (Å²) in [5, 5.41) is 18.7. The van der Waals surface area contributed by atoms with Crippen molar-refractivity contribution in [3.63, 3.8) is 0 Å². The van der Waals surface area contributed by atoms with E-state index in [1.807, 2.05) is 77.6 Å². The van der Waals surface area contributed by atoms with Gasteiger partial charge in [-0.05, 0) is 56.0 Å². The zero-order chi connectivity index (χ0) is 40.6. The number of aliphatic carboxylic acids is 1. The Balaban J connectivity index is 1.80. The van der Waals surface area contributed by atoms with E-state index in [-0.39, 0.29) is 54.4 Å². The van der Waals surface area contributed by atoms with Crippen LogP contribution >= 0.6 is 0 Å². The first kappa shape index (κ1) is 44.8. The molecule has 1 aromatic carbocycles. The second-order valence-electron chi connectivity index (χ2n) is 16.3. The van der Waals surface area contributed by atoms with E-state index in [1.165, 1.54) is 7.11 Å². The van der Waals surface area contributed by atoms with E-state index in [9.17, 15) is 29.1 Å². The Morgan fingerprint density at radius 1 is 0.907 bits per heavy atom. The van der Waals surface area contributed by atoms with Crippen LogP contribution in [0, 0.1) is 36.5 Å². The van der Waals surface area contributed by atoms with E-state index in [0.29, 0.717) is 12.3 Å². The molecule has 11 atom stereocenters. The number of ether oxygens (including phenoxy) is 2. The summed E-state index contributed by atoms with van der Waals surface area (Å²) >= 11 is 0. The number of carbonyl (C=O) groups is 5. The Morgan fingerprint density at radius 3 is 2.02 bits per heavy atom. The zero-order valence-corrected chi connectivity index (χ0v) is 34.5. The highest BCUT2D eigenvalue weighted by Gasteiger charge is 2.57. The van der Waals surface area contributed by atoms with Gasteiger partial charge in [-0.2, -0.15) is 0 Å². The Hall–Kier alpha value is -3.55. The molecule has 54 heavy (non-hydrogen) atoms. The number of benzene rings is 1. The number of likely N-dealkylation sites (tertiary alicyclic amines) is 1. The second-order valence-corrected chi connectivity index (χ2v) is 16.3. The minimum absolute atomic E-state index is 0.00534. The maximum atomic E-state index is 14.4. The number of nitrogens with one attached hydrogen (secondary N) is 3. The number of rotatable bonds is 21. The van der Waals surface area contributed by atoms with Crippen molar-refractivity contribution >= 4 is 29.6 Å². The fourth-order valence-corrected chi connectivity index (χ4v) is 8.21. The van der Waals surface area contributed by atoms with Gasteiger partial charge < -0.3 is 40.3 Å². The molecule has 1 saturated carbocycles. The molecule has 1 heterocycles. The third kappa shape index (κ3) is 10.8. The molecule has 4 amide bonds. The molecule has 3 rings (SSSR count). The molecule has 0 aromatic heterocycles. The summed E-state index contributed by atoms with van der Waals surface area (Å²) in [5.74, 6) is -2.89. The summed E-state index contributed by atoms with van der Waals surface area (Å²) in [4.78, 5) is 71.1. The minimum atomic E-state index is -1.13. The molecular weight excluding hydrogens is 690 g/mol. The second kappa shape index (κ2) is 19.9. The number of hydrogen-bond acceptors (Lipinski definition) is 8. The average molecular weight is 758 g/mol. The first-order valence-electron chi connectivity index (χ1n) is 19.6. The van der Waals surface area contributed by atoms with Crippen molar-refractivity contribution in [3.05, 3.63) is 35.4 Å². The molecule has 1 aliphatic heterocycles. The average Bonchev–Trinajstić information content (AvgIpc) is 3.78. The summed E-state index contributed by atoms with van der Waals surface area (Å²) in [7, 11) is 6.51. The van der Waals surface area contributed by atoms with Gasteiger partial charge in [0.15, 0.2) is 0 Å². The lowest BCUT2D eigenvalue weighted by molar-refractivity contribution is -0.149.